The van der Waals surface area contributed by atoms with Gasteiger partial charge in [0.1, 0.15) is 0 Å². The van der Waals surface area contributed by atoms with Gasteiger partial charge in [-0.1, -0.05) is 0 Å². The summed E-state index contributed by atoms with van der Waals surface area (Å²) in [6, 6.07) is 2.87. The molecule has 0 spiro atoms. The average Bonchev–Trinajstić information content (AvgIpc) is 3.02. The summed E-state index contributed by atoms with van der Waals surface area (Å²) in [5.74, 6) is -1.59. The summed E-state index contributed by atoms with van der Waals surface area (Å²) in [6.45, 7) is 0.682. The van der Waals surface area contributed by atoms with Gasteiger partial charge in [0, 0.05) is 49.6 Å². The van der Waals surface area contributed by atoms with E-state index in [1.54, 1.807) is 11.8 Å². The average molecular weight is 402 g/mol. The van der Waals surface area contributed by atoms with Gasteiger partial charge in [0.25, 0.3) is 15.9 Å². The van der Waals surface area contributed by atoms with Crippen LogP contribution in [0.5, 0.6) is 0 Å². The van der Waals surface area contributed by atoms with Crippen molar-refractivity contribution in [2.75, 3.05) is 29.9 Å². The van der Waals surface area contributed by atoms with Gasteiger partial charge in [-0.15, -0.1) is 0 Å². The summed E-state index contributed by atoms with van der Waals surface area (Å²) in [5, 5.41) is 5.95. The number of hydrogen-bond acceptors (Lipinski definition) is 5. The van der Waals surface area contributed by atoms with Gasteiger partial charge in [-0.05, 0) is 12.1 Å². The summed E-state index contributed by atoms with van der Waals surface area (Å²) in [5.41, 5.74) is -0.147. The first-order valence-electron chi connectivity index (χ1n) is 7.67. The summed E-state index contributed by atoms with van der Waals surface area (Å²) < 4.78 is 54.5. The van der Waals surface area contributed by atoms with Gasteiger partial charge >= 0.3 is 0 Å². The normalized spacial score (nSPS) is 15.8. The lowest BCUT2D eigenvalue weighted by atomic mass is 10.2. The standard InChI is InChI=1S/C15H16F2N4O3S2/c1-20-9-11(14(22)18-10-2-3-12(16)13(17)8-10)15(19-20)26(23,24)21-4-6-25-7-5-21/h2-3,8-9H,4-7H2,1H3,(H,18,22). The third-order valence-corrected chi connectivity index (χ3v) is 6.55. The molecule has 1 amide bonds. The van der Waals surface area contributed by atoms with Crippen molar-refractivity contribution in [3.63, 3.8) is 0 Å². The maximum Gasteiger partial charge on any atom is 0.263 e. The summed E-state index contributed by atoms with van der Waals surface area (Å²) in [7, 11) is -2.43. The first-order valence-corrected chi connectivity index (χ1v) is 10.3. The number of aryl methyl sites for hydroxylation is 1. The van der Waals surface area contributed by atoms with E-state index in [4.69, 9.17) is 0 Å². The number of nitrogens with zero attached hydrogens (tertiary/aromatic N) is 3. The third kappa shape index (κ3) is 3.74. The quantitative estimate of drug-likeness (QED) is 0.841. The summed E-state index contributed by atoms with van der Waals surface area (Å²) in [6.07, 6.45) is 1.28. The van der Waals surface area contributed by atoms with E-state index in [0.29, 0.717) is 24.6 Å². The minimum absolute atomic E-state index is 0.00970. The van der Waals surface area contributed by atoms with Crippen LogP contribution in [0, 0.1) is 11.6 Å². The zero-order valence-electron chi connectivity index (χ0n) is 13.8. The molecule has 3 rings (SSSR count). The Hall–Kier alpha value is -1.98. The van der Waals surface area contributed by atoms with E-state index in [-0.39, 0.29) is 16.3 Å². The molecule has 11 heteroatoms. The van der Waals surface area contributed by atoms with Crippen LogP contribution in [0.25, 0.3) is 0 Å². The van der Waals surface area contributed by atoms with Crippen molar-refractivity contribution in [2.45, 2.75) is 5.03 Å². The number of benzene rings is 1. The SMILES string of the molecule is Cn1cc(C(=O)Nc2ccc(F)c(F)c2)c(S(=O)(=O)N2CCSCC2)n1. The number of carbonyl (C=O) groups excluding carboxylic acids is 1. The zero-order chi connectivity index (χ0) is 18.9. The van der Waals surface area contributed by atoms with Crippen molar-refractivity contribution >= 4 is 33.4 Å². The molecule has 2 aromatic rings. The van der Waals surface area contributed by atoms with Crippen molar-refractivity contribution in [2.24, 2.45) is 7.05 Å². The molecule has 0 unspecified atom stereocenters. The minimum atomic E-state index is -3.93. The predicted octanol–water partition coefficient (Wildman–Crippen LogP) is 1.69. The van der Waals surface area contributed by atoms with Gasteiger partial charge < -0.3 is 5.32 Å². The van der Waals surface area contributed by atoms with Crippen LogP contribution in [0.2, 0.25) is 0 Å². The Morgan fingerprint density at radius 2 is 1.92 bits per heavy atom. The van der Waals surface area contributed by atoms with Gasteiger partial charge in [-0.2, -0.15) is 21.2 Å². The highest BCUT2D eigenvalue weighted by molar-refractivity contribution is 7.99. The molecule has 1 fully saturated rings. The van der Waals surface area contributed by atoms with Gasteiger partial charge in [-0.25, -0.2) is 17.2 Å². The fourth-order valence-corrected chi connectivity index (χ4v) is 5.19. The van der Waals surface area contributed by atoms with Crippen LogP contribution in [-0.2, 0) is 17.1 Å². The first-order chi connectivity index (χ1) is 12.3. The Kier molecular flexibility index (Phi) is 5.30. The molecule has 0 aliphatic carbocycles. The number of amides is 1. The number of sulfonamides is 1. The van der Waals surface area contributed by atoms with Crippen molar-refractivity contribution in [3.05, 3.63) is 41.6 Å². The van der Waals surface area contributed by atoms with Crippen LogP contribution in [-0.4, -0.2) is 53.0 Å². The molecule has 2 heterocycles. The lowest BCUT2D eigenvalue weighted by molar-refractivity contribution is 0.102. The van der Waals surface area contributed by atoms with E-state index < -0.39 is 27.6 Å². The second-order valence-electron chi connectivity index (χ2n) is 5.62. The molecule has 7 nitrogen and oxygen atoms in total. The van der Waals surface area contributed by atoms with Crippen molar-refractivity contribution in [3.8, 4) is 0 Å². The van der Waals surface area contributed by atoms with Crippen LogP contribution >= 0.6 is 11.8 Å². The maximum atomic E-state index is 13.3. The molecule has 0 radical (unpaired) electrons. The Bertz CT molecular complexity index is 940. The molecule has 1 aromatic heterocycles. The Balaban J connectivity index is 1.90. The van der Waals surface area contributed by atoms with E-state index in [2.05, 4.69) is 10.4 Å². The number of halogens is 2. The highest BCUT2D eigenvalue weighted by Crippen LogP contribution is 2.23. The second kappa shape index (κ2) is 7.33. The lowest BCUT2D eigenvalue weighted by Gasteiger charge is -2.24. The number of aromatic nitrogens is 2. The second-order valence-corrected chi connectivity index (χ2v) is 8.70. The van der Waals surface area contributed by atoms with Crippen molar-refractivity contribution in [1.29, 1.82) is 0 Å². The lowest BCUT2D eigenvalue weighted by Crippen LogP contribution is -2.38. The van der Waals surface area contributed by atoms with Crippen molar-refractivity contribution < 1.29 is 22.0 Å². The van der Waals surface area contributed by atoms with E-state index in [1.807, 2.05) is 0 Å². The fraction of sp³-hybridized carbons (Fsp3) is 0.333. The van der Waals surface area contributed by atoms with Gasteiger partial charge in [0.05, 0.1) is 5.56 Å². The number of thioether (sulfide) groups is 1. The first kappa shape index (κ1) is 18.8. The topological polar surface area (TPSA) is 84.3 Å². The molecule has 1 aromatic carbocycles. The molecular formula is C15H16F2N4O3S2. The van der Waals surface area contributed by atoms with E-state index >= 15 is 0 Å². The van der Waals surface area contributed by atoms with Gasteiger partial charge in [-0.3, -0.25) is 9.48 Å². The van der Waals surface area contributed by atoms with Crippen molar-refractivity contribution in [1.82, 2.24) is 14.1 Å². The van der Waals surface area contributed by atoms with E-state index in [0.717, 1.165) is 12.1 Å². The Morgan fingerprint density at radius 1 is 1.23 bits per heavy atom. The molecule has 0 atom stereocenters. The third-order valence-electron chi connectivity index (χ3n) is 3.77. The number of rotatable bonds is 4. The molecule has 1 saturated heterocycles. The summed E-state index contributed by atoms with van der Waals surface area (Å²) in [4.78, 5) is 12.5. The largest absolute Gasteiger partial charge is 0.322 e. The van der Waals surface area contributed by atoms with Crippen LogP contribution in [0.4, 0.5) is 14.5 Å². The van der Waals surface area contributed by atoms with Crippen LogP contribution in [0.15, 0.2) is 29.4 Å². The van der Waals surface area contributed by atoms with Crippen LogP contribution in [0.3, 0.4) is 0 Å². The molecule has 1 N–H and O–H groups in total. The number of carbonyl (C=O) groups is 1. The molecule has 0 bridgehead atoms. The van der Waals surface area contributed by atoms with Crippen LogP contribution in [0.1, 0.15) is 10.4 Å². The molecule has 140 valence electrons. The van der Waals surface area contributed by atoms with Crippen LogP contribution < -0.4 is 5.32 Å². The zero-order valence-corrected chi connectivity index (χ0v) is 15.4. The number of nitrogens with one attached hydrogen (secondary N) is 1. The predicted molar refractivity (Wildman–Crippen MR) is 93.6 cm³/mol. The Labute approximate surface area is 153 Å². The smallest absolute Gasteiger partial charge is 0.263 e. The highest BCUT2D eigenvalue weighted by atomic mass is 32.2. The number of anilines is 1. The molecule has 0 saturated carbocycles. The molecule has 1 aliphatic heterocycles. The molecule has 26 heavy (non-hydrogen) atoms. The molecular weight excluding hydrogens is 386 g/mol. The number of hydrogen-bond donors (Lipinski definition) is 1. The van der Waals surface area contributed by atoms with E-state index in [1.165, 1.54) is 28.3 Å². The summed E-state index contributed by atoms with van der Waals surface area (Å²) >= 11 is 1.65. The fourth-order valence-electron chi connectivity index (χ4n) is 2.50. The minimum Gasteiger partial charge on any atom is -0.322 e. The van der Waals surface area contributed by atoms with Gasteiger partial charge in [0.15, 0.2) is 11.6 Å². The highest BCUT2D eigenvalue weighted by Gasteiger charge is 2.33. The van der Waals surface area contributed by atoms with E-state index in [9.17, 15) is 22.0 Å². The van der Waals surface area contributed by atoms with Gasteiger partial charge in [0.2, 0.25) is 5.03 Å². The molecule has 1 aliphatic rings. The maximum absolute atomic E-state index is 13.3. The monoisotopic (exact) mass is 402 g/mol. The Morgan fingerprint density at radius 3 is 2.58 bits per heavy atom.